The maximum Gasteiger partial charge on any atom is 0.417 e. The third-order valence-electron chi connectivity index (χ3n) is 2.19. The number of hydroxylamine groups is 1. The van der Waals surface area contributed by atoms with Crippen LogP contribution in [0.3, 0.4) is 0 Å². The Morgan fingerprint density at radius 2 is 1.80 bits per heavy atom. The topological polar surface area (TPSA) is 44.6 Å². The standard InChI is InChI=1S/C12H13BrF4N2O/c1-11(2,3)18-10(19-20)8-6(12(15,16)17)4-5-7(13)9(8)14/h4-5,20H,1-3H3,(H,18,19). The van der Waals surface area contributed by atoms with E-state index >= 15 is 0 Å². The van der Waals surface area contributed by atoms with Gasteiger partial charge in [0.2, 0.25) is 0 Å². The van der Waals surface area contributed by atoms with Crippen molar-refractivity contribution in [2.45, 2.75) is 32.5 Å². The van der Waals surface area contributed by atoms with Gasteiger partial charge in [0.25, 0.3) is 0 Å². The van der Waals surface area contributed by atoms with Crippen molar-refractivity contribution in [2.24, 2.45) is 4.99 Å². The van der Waals surface area contributed by atoms with Crippen LogP contribution in [0.4, 0.5) is 17.6 Å². The predicted molar refractivity (Wildman–Crippen MR) is 70.3 cm³/mol. The average molecular weight is 357 g/mol. The number of nitrogens with one attached hydrogen (secondary N) is 1. The van der Waals surface area contributed by atoms with Crippen molar-refractivity contribution in [2.75, 3.05) is 0 Å². The molecule has 3 nitrogen and oxygen atoms in total. The molecule has 20 heavy (non-hydrogen) atoms. The van der Waals surface area contributed by atoms with Crippen molar-refractivity contribution in [1.82, 2.24) is 5.48 Å². The van der Waals surface area contributed by atoms with Crippen molar-refractivity contribution in [3.63, 3.8) is 0 Å². The fourth-order valence-corrected chi connectivity index (χ4v) is 1.82. The number of hydrogen-bond acceptors (Lipinski definition) is 2. The van der Waals surface area contributed by atoms with Gasteiger partial charge < -0.3 is 0 Å². The molecule has 0 aliphatic rings. The van der Waals surface area contributed by atoms with Gasteiger partial charge in [-0.3, -0.25) is 15.7 Å². The molecule has 0 aromatic heterocycles. The molecule has 0 saturated carbocycles. The quantitative estimate of drug-likeness (QED) is 0.344. The molecule has 0 radical (unpaired) electrons. The molecule has 0 unspecified atom stereocenters. The van der Waals surface area contributed by atoms with Crippen molar-refractivity contribution >= 4 is 21.8 Å². The number of benzene rings is 1. The maximum atomic E-state index is 14.0. The van der Waals surface area contributed by atoms with Crippen molar-refractivity contribution in [3.05, 3.63) is 33.5 Å². The summed E-state index contributed by atoms with van der Waals surface area (Å²) in [5.41, 5.74) is -1.31. The summed E-state index contributed by atoms with van der Waals surface area (Å²) in [5, 5.41) is 9.02. The average Bonchev–Trinajstić information content (AvgIpc) is 2.27. The van der Waals surface area contributed by atoms with Crippen LogP contribution in [0.15, 0.2) is 21.6 Å². The summed E-state index contributed by atoms with van der Waals surface area (Å²) in [6.07, 6.45) is -4.77. The molecule has 2 N–H and O–H groups in total. The lowest BCUT2D eigenvalue weighted by atomic mass is 10.0. The van der Waals surface area contributed by atoms with Gasteiger partial charge in [0.15, 0.2) is 5.84 Å². The Hall–Kier alpha value is -1.15. The van der Waals surface area contributed by atoms with Gasteiger partial charge in [-0.15, -0.1) is 0 Å². The lowest BCUT2D eigenvalue weighted by molar-refractivity contribution is -0.137. The van der Waals surface area contributed by atoms with E-state index in [-0.39, 0.29) is 4.47 Å². The normalized spacial score (nSPS) is 13.6. The van der Waals surface area contributed by atoms with Crippen LogP contribution in [-0.4, -0.2) is 16.6 Å². The van der Waals surface area contributed by atoms with E-state index in [2.05, 4.69) is 20.9 Å². The number of aliphatic imine (C=N–C) groups is 1. The molecule has 0 spiro atoms. The summed E-state index contributed by atoms with van der Waals surface area (Å²) >= 11 is 2.82. The Kier molecular flexibility index (Phi) is 4.81. The summed E-state index contributed by atoms with van der Waals surface area (Å²) in [4.78, 5) is 3.87. The molecule has 0 bridgehead atoms. The van der Waals surface area contributed by atoms with E-state index in [4.69, 9.17) is 5.21 Å². The highest BCUT2D eigenvalue weighted by Crippen LogP contribution is 2.35. The van der Waals surface area contributed by atoms with E-state index in [9.17, 15) is 17.6 Å². The number of amidine groups is 1. The number of nitrogens with zero attached hydrogens (tertiary/aromatic N) is 1. The Balaban J connectivity index is 3.64. The molecule has 0 amide bonds. The highest BCUT2D eigenvalue weighted by molar-refractivity contribution is 9.10. The number of rotatable bonds is 1. The second-order valence-corrected chi connectivity index (χ2v) is 5.88. The first-order valence-corrected chi connectivity index (χ1v) is 6.32. The molecule has 0 aliphatic heterocycles. The lowest BCUT2D eigenvalue weighted by Crippen LogP contribution is -2.29. The monoisotopic (exact) mass is 356 g/mol. The minimum atomic E-state index is -4.77. The van der Waals surface area contributed by atoms with E-state index < -0.39 is 34.5 Å². The van der Waals surface area contributed by atoms with Gasteiger partial charge in [-0.25, -0.2) is 4.39 Å². The second kappa shape index (κ2) is 5.69. The summed E-state index contributed by atoms with van der Waals surface area (Å²) in [6.45, 7) is 4.81. The van der Waals surface area contributed by atoms with E-state index in [0.29, 0.717) is 0 Å². The zero-order chi connectivity index (χ0) is 15.7. The van der Waals surface area contributed by atoms with Crippen LogP contribution < -0.4 is 5.48 Å². The SMILES string of the molecule is CC(C)(C)N=C(NO)c1c(C(F)(F)F)ccc(Br)c1F. The van der Waals surface area contributed by atoms with Gasteiger partial charge in [0, 0.05) is 0 Å². The van der Waals surface area contributed by atoms with Crippen LogP contribution in [0.5, 0.6) is 0 Å². The zero-order valence-electron chi connectivity index (χ0n) is 10.9. The second-order valence-electron chi connectivity index (χ2n) is 5.02. The van der Waals surface area contributed by atoms with Crippen LogP contribution in [0.1, 0.15) is 31.9 Å². The first-order chi connectivity index (χ1) is 8.97. The number of halogens is 5. The highest BCUT2D eigenvalue weighted by Gasteiger charge is 2.37. The van der Waals surface area contributed by atoms with Crippen LogP contribution in [0.25, 0.3) is 0 Å². The Bertz CT molecular complexity index is 535. The van der Waals surface area contributed by atoms with E-state index in [1.165, 1.54) is 0 Å². The van der Waals surface area contributed by atoms with Gasteiger partial charge in [0.05, 0.1) is 21.1 Å². The molecule has 1 rings (SSSR count). The summed E-state index contributed by atoms with van der Waals surface area (Å²) in [6, 6.07) is 1.67. The first-order valence-electron chi connectivity index (χ1n) is 5.53. The fourth-order valence-electron chi connectivity index (χ4n) is 1.49. The molecule has 8 heteroatoms. The first kappa shape index (κ1) is 16.9. The van der Waals surface area contributed by atoms with E-state index in [1.807, 2.05) is 0 Å². The molecular formula is C12H13BrF4N2O. The molecular weight excluding hydrogens is 344 g/mol. The molecule has 112 valence electrons. The smallest absolute Gasteiger partial charge is 0.290 e. The Morgan fingerprint density at radius 3 is 2.20 bits per heavy atom. The van der Waals surface area contributed by atoms with Gasteiger partial charge in [0.1, 0.15) is 5.82 Å². The largest absolute Gasteiger partial charge is 0.417 e. The summed E-state index contributed by atoms with van der Waals surface area (Å²) < 4.78 is 52.7. The third-order valence-corrected chi connectivity index (χ3v) is 2.80. The zero-order valence-corrected chi connectivity index (χ0v) is 12.5. The highest BCUT2D eigenvalue weighted by atomic mass is 79.9. The van der Waals surface area contributed by atoms with Crippen molar-refractivity contribution < 1.29 is 22.8 Å². The van der Waals surface area contributed by atoms with Gasteiger partial charge in [-0.05, 0) is 48.8 Å². The molecule has 0 heterocycles. The number of alkyl halides is 3. The van der Waals surface area contributed by atoms with Crippen LogP contribution >= 0.6 is 15.9 Å². The van der Waals surface area contributed by atoms with Crippen LogP contribution in [0.2, 0.25) is 0 Å². The van der Waals surface area contributed by atoms with Crippen molar-refractivity contribution in [3.8, 4) is 0 Å². The molecule has 1 aromatic rings. The van der Waals surface area contributed by atoms with Crippen LogP contribution in [0, 0.1) is 5.82 Å². The maximum absolute atomic E-state index is 14.0. The van der Waals surface area contributed by atoms with Crippen LogP contribution in [-0.2, 0) is 6.18 Å². The predicted octanol–water partition coefficient (Wildman–Crippen LogP) is 4.13. The van der Waals surface area contributed by atoms with Gasteiger partial charge in [-0.2, -0.15) is 13.2 Å². The lowest BCUT2D eigenvalue weighted by Gasteiger charge is -2.19. The minimum absolute atomic E-state index is 0.155. The molecule has 0 saturated heterocycles. The van der Waals surface area contributed by atoms with Gasteiger partial charge in [-0.1, -0.05) is 0 Å². The Morgan fingerprint density at radius 1 is 1.25 bits per heavy atom. The van der Waals surface area contributed by atoms with Crippen molar-refractivity contribution in [1.29, 1.82) is 0 Å². The third kappa shape index (κ3) is 3.92. The Labute approximate surface area is 121 Å². The molecule has 0 aliphatic carbocycles. The molecule has 0 fully saturated rings. The minimum Gasteiger partial charge on any atom is -0.290 e. The van der Waals surface area contributed by atoms with Gasteiger partial charge >= 0.3 is 6.18 Å². The molecule has 0 atom stereocenters. The molecule has 1 aromatic carbocycles. The summed E-state index contributed by atoms with van der Waals surface area (Å²) in [7, 11) is 0. The summed E-state index contributed by atoms with van der Waals surface area (Å²) in [5.74, 6) is -1.73. The fraction of sp³-hybridized carbons (Fsp3) is 0.417. The van der Waals surface area contributed by atoms with E-state index in [0.717, 1.165) is 12.1 Å². The van der Waals surface area contributed by atoms with E-state index in [1.54, 1.807) is 26.3 Å². The number of hydrogen-bond donors (Lipinski definition) is 2.